The smallest absolute Gasteiger partial charge is 0.354 e. The van der Waals surface area contributed by atoms with Crippen molar-refractivity contribution in [2.45, 2.75) is 31.5 Å². The zero-order valence-electron chi connectivity index (χ0n) is 12.0. The highest BCUT2D eigenvalue weighted by atomic mass is 35.5. The molecule has 1 saturated heterocycles. The largest absolute Gasteiger partial charge is 0.417 e. The van der Waals surface area contributed by atoms with E-state index in [2.05, 4.69) is 16.0 Å². The van der Waals surface area contributed by atoms with E-state index in [1.54, 1.807) is 0 Å². The van der Waals surface area contributed by atoms with Gasteiger partial charge in [0.05, 0.1) is 10.6 Å². The molecule has 2 rings (SSSR count). The lowest BCUT2D eigenvalue weighted by atomic mass is 10.1. The number of carbonyl (C=O) groups excluding carboxylic acids is 2. The number of amides is 3. The average molecular weight is 350 g/mol. The van der Waals surface area contributed by atoms with Crippen LogP contribution in [0.15, 0.2) is 18.2 Å². The van der Waals surface area contributed by atoms with Crippen LogP contribution in [0.4, 0.5) is 23.7 Å². The molecule has 1 aliphatic rings. The molecule has 1 aliphatic heterocycles. The van der Waals surface area contributed by atoms with Crippen LogP contribution >= 0.6 is 11.6 Å². The minimum atomic E-state index is -4.62. The van der Waals surface area contributed by atoms with Crippen LogP contribution < -0.4 is 16.0 Å². The number of hydrogen-bond donors (Lipinski definition) is 3. The maximum atomic E-state index is 12.8. The van der Waals surface area contributed by atoms with Gasteiger partial charge in [0.2, 0.25) is 5.91 Å². The second-order valence-electron chi connectivity index (χ2n) is 5.13. The van der Waals surface area contributed by atoms with Gasteiger partial charge >= 0.3 is 12.2 Å². The molecule has 1 aromatic rings. The molecule has 1 fully saturated rings. The topological polar surface area (TPSA) is 70.2 Å². The van der Waals surface area contributed by atoms with Gasteiger partial charge in [0.25, 0.3) is 0 Å². The third-order valence-electron chi connectivity index (χ3n) is 3.37. The lowest BCUT2D eigenvalue weighted by molar-refractivity contribution is -0.137. The fourth-order valence-electron chi connectivity index (χ4n) is 2.22. The van der Waals surface area contributed by atoms with Crippen molar-refractivity contribution in [2.75, 3.05) is 11.9 Å². The van der Waals surface area contributed by atoms with Crippen molar-refractivity contribution >= 4 is 29.2 Å². The van der Waals surface area contributed by atoms with Crippen LogP contribution in [-0.4, -0.2) is 24.5 Å². The number of rotatable bonds is 2. The Morgan fingerprint density at radius 1 is 1.30 bits per heavy atom. The number of anilines is 1. The third kappa shape index (κ3) is 4.75. The first kappa shape index (κ1) is 17.4. The molecule has 126 valence electrons. The Labute approximate surface area is 135 Å². The minimum absolute atomic E-state index is 0.0618. The summed E-state index contributed by atoms with van der Waals surface area (Å²) in [6.45, 7) is 0.546. The number of carbonyl (C=O) groups is 2. The number of benzene rings is 1. The summed E-state index contributed by atoms with van der Waals surface area (Å²) in [5.41, 5.74) is -1.10. The van der Waals surface area contributed by atoms with Crippen LogP contribution in [-0.2, 0) is 11.0 Å². The molecule has 3 N–H and O–H groups in total. The van der Waals surface area contributed by atoms with Crippen molar-refractivity contribution in [2.24, 2.45) is 0 Å². The van der Waals surface area contributed by atoms with Gasteiger partial charge in [-0.2, -0.15) is 13.2 Å². The molecule has 0 aromatic heterocycles. The van der Waals surface area contributed by atoms with Gasteiger partial charge in [-0.05, 0) is 37.5 Å². The summed E-state index contributed by atoms with van der Waals surface area (Å²) in [4.78, 5) is 23.6. The van der Waals surface area contributed by atoms with Gasteiger partial charge < -0.3 is 16.0 Å². The zero-order valence-corrected chi connectivity index (χ0v) is 12.7. The van der Waals surface area contributed by atoms with Gasteiger partial charge in [-0.25, -0.2) is 4.79 Å². The summed E-state index contributed by atoms with van der Waals surface area (Å²) in [6.07, 6.45) is -2.55. The molecule has 0 saturated carbocycles. The maximum absolute atomic E-state index is 12.8. The molecule has 1 atom stereocenters. The predicted molar refractivity (Wildman–Crippen MR) is 79.3 cm³/mol. The number of alkyl halides is 3. The van der Waals surface area contributed by atoms with Crippen LogP contribution in [0.25, 0.3) is 0 Å². The van der Waals surface area contributed by atoms with Crippen molar-refractivity contribution in [3.05, 3.63) is 28.8 Å². The van der Waals surface area contributed by atoms with E-state index < -0.39 is 28.8 Å². The normalized spacial score (nSPS) is 18.8. The van der Waals surface area contributed by atoms with Crippen molar-refractivity contribution in [3.8, 4) is 0 Å². The van der Waals surface area contributed by atoms with Crippen molar-refractivity contribution in [3.63, 3.8) is 0 Å². The van der Waals surface area contributed by atoms with Gasteiger partial charge in [0, 0.05) is 12.2 Å². The lowest BCUT2D eigenvalue weighted by Crippen LogP contribution is -2.47. The fourth-order valence-corrected chi connectivity index (χ4v) is 2.45. The summed E-state index contributed by atoms with van der Waals surface area (Å²) in [7, 11) is 0. The Kier molecular flexibility index (Phi) is 5.35. The summed E-state index contributed by atoms with van der Waals surface area (Å²) in [5.74, 6) is -0.301. The Morgan fingerprint density at radius 3 is 2.74 bits per heavy atom. The van der Waals surface area contributed by atoms with Crippen LogP contribution in [0.5, 0.6) is 0 Å². The summed E-state index contributed by atoms with van der Waals surface area (Å²) in [6, 6.07) is 1.60. The molecule has 1 heterocycles. The van der Waals surface area contributed by atoms with E-state index in [9.17, 15) is 22.8 Å². The maximum Gasteiger partial charge on any atom is 0.417 e. The molecule has 5 nitrogen and oxygen atoms in total. The second-order valence-corrected chi connectivity index (χ2v) is 5.54. The number of urea groups is 1. The molecule has 0 aliphatic carbocycles. The second kappa shape index (κ2) is 7.08. The molecule has 3 amide bonds. The quantitative estimate of drug-likeness (QED) is 0.767. The van der Waals surface area contributed by atoms with Crippen LogP contribution in [0, 0.1) is 0 Å². The highest BCUT2D eigenvalue weighted by Crippen LogP contribution is 2.36. The van der Waals surface area contributed by atoms with Crippen molar-refractivity contribution < 1.29 is 22.8 Å². The molecular weight excluding hydrogens is 335 g/mol. The van der Waals surface area contributed by atoms with Gasteiger partial charge in [0.15, 0.2) is 0 Å². The van der Waals surface area contributed by atoms with E-state index in [-0.39, 0.29) is 11.6 Å². The molecule has 0 unspecified atom stereocenters. The Hall–Kier alpha value is -1.96. The van der Waals surface area contributed by atoms with E-state index in [0.717, 1.165) is 25.0 Å². The van der Waals surface area contributed by atoms with E-state index in [1.165, 1.54) is 6.07 Å². The van der Waals surface area contributed by atoms with E-state index in [1.807, 2.05) is 0 Å². The SMILES string of the molecule is O=C(Nc1ccc(Cl)c(C(F)(F)F)c1)N[C@H]1CCCCNC1=O. The highest BCUT2D eigenvalue weighted by molar-refractivity contribution is 6.31. The Morgan fingerprint density at radius 2 is 2.04 bits per heavy atom. The van der Waals surface area contributed by atoms with Crippen LogP contribution in [0.1, 0.15) is 24.8 Å². The average Bonchev–Trinajstić information content (AvgIpc) is 2.65. The highest BCUT2D eigenvalue weighted by Gasteiger charge is 2.33. The predicted octanol–water partition coefficient (Wildman–Crippen LogP) is 3.15. The summed E-state index contributed by atoms with van der Waals surface area (Å²) in [5, 5.41) is 6.94. The molecular formula is C14H15ClF3N3O2. The Bertz CT molecular complexity index is 607. The number of nitrogens with one attached hydrogen (secondary N) is 3. The van der Waals surface area contributed by atoms with Crippen LogP contribution in [0.3, 0.4) is 0 Å². The molecule has 0 spiro atoms. The standard InChI is InChI=1S/C14H15ClF3N3O2/c15-10-5-4-8(7-9(10)14(16,17)18)20-13(23)21-11-3-1-2-6-19-12(11)22/h4-5,7,11H,1-3,6H2,(H,19,22)(H2,20,21,23)/t11-/m0/s1. The van der Waals surface area contributed by atoms with Crippen molar-refractivity contribution in [1.82, 2.24) is 10.6 Å². The first-order chi connectivity index (χ1) is 10.8. The molecule has 9 heteroatoms. The lowest BCUT2D eigenvalue weighted by Gasteiger charge is -2.16. The van der Waals surface area contributed by atoms with Crippen molar-refractivity contribution in [1.29, 1.82) is 0 Å². The molecule has 1 aromatic carbocycles. The monoisotopic (exact) mass is 349 g/mol. The summed E-state index contributed by atoms with van der Waals surface area (Å²) < 4.78 is 38.3. The van der Waals surface area contributed by atoms with E-state index in [4.69, 9.17) is 11.6 Å². The van der Waals surface area contributed by atoms with Crippen LogP contribution in [0.2, 0.25) is 5.02 Å². The number of halogens is 4. The first-order valence-electron chi connectivity index (χ1n) is 6.99. The Balaban J connectivity index is 2.04. The molecule has 0 radical (unpaired) electrons. The number of hydrogen-bond acceptors (Lipinski definition) is 2. The van der Waals surface area contributed by atoms with E-state index >= 15 is 0 Å². The fraction of sp³-hybridized carbons (Fsp3) is 0.429. The molecule has 23 heavy (non-hydrogen) atoms. The minimum Gasteiger partial charge on any atom is -0.354 e. The molecule has 0 bridgehead atoms. The van der Waals surface area contributed by atoms with E-state index in [0.29, 0.717) is 13.0 Å². The van der Waals surface area contributed by atoms with Gasteiger partial charge in [-0.1, -0.05) is 11.6 Å². The van der Waals surface area contributed by atoms with Gasteiger partial charge in [-0.3, -0.25) is 4.79 Å². The van der Waals surface area contributed by atoms with Gasteiger partial charge in [0.1, 0.15) is 6.04 Å². The third-order valence-corrected chi connectivity index (χ3v) is 3.70. The van der Waals surface area contributed by atoms with Gasteiger partial charge in [-0.15, -0.1) is 0 Å². The zero-order chi connectivity index (χ0) is 17.0. The summed E-state index contributed by atoms with van der Waals surface area (Å²) >= 11 is 5.51. The first-order valence-corrected chi connectivity index (χ1v) is 7.37.